The number of nitrogens with one attached hydrogen (secondary N) is 1. The number of hydrogen-bond acceptors (Lipinski definition) is 3. The summed E-state index contributed by atoms with van der Waals surface area (Å²) < 4.78 is 1.87. The predicted octanol–water partition coefficient (Wildman–Crippen LogP) is 1.84. The highest BCUT2D eigenvalue weighted by atomic mass is 16.2. The zero-order chi connectivity index (χ0) is 15.4. The second kappa shape index (κ2) is 6.75. The molecule has 5 heteroatoms. The van der Waals surface area contributed by atoms with E-state index in [1.165, 1.54) is 5.56 Å². The number of nitrogens with zero attached hydrogens (tertiary/aromatic N) is 3. The Morgan fingerprint density at radius 3 is 3.05 bits per heavy atom. The lowest BCUT2D eigenvalue weighted by molar-refractivity contribution is -0.118. The SMILES string of the molecule is C[C@H](Cn1cccn1)NCC(=O)N1CCCc2ccccc21. The average Bonchev–Trinajstić information content (AvgIpc) is 3.05. The van der Waals surface area contributed by atoms with E-state index in [-0.39, 0.29) is 11.9 Å². The van der Waals surface area contributed by atoms with Gasteiger partial charge < -0.3 is 10.2 Å². The maximum atomic E-state index is 12.5. The number of para-hydroxylation sites is 1. The molecule has 0 radical (unpaired) electrons. The van der Waals surface area contributed by atoms with Crippen molar-refractivity contribution in [2.24, 2.45) is 0 Å². The molecule has 1 amide bonds. The van der Waals surface area contributed by atoms with Crippen LogP contribution in [0.15, 0.2) is 42.7 Å². The first-order chi connectivity index (χ1) is 10.7. The lowest BCUT2D eigenvalue weighted by Crippen LogP contribution is -2.44. The van der Waals surface area contributed by atoms with Gasteiger partial charge >= 0.3 is 0 Å². The molecule has 0 aliphatic carbocycles. The van der Waals surface area contributed by atoms with Crippen LogP contribution in [0.5, 0.6) is 0 Å². The number of anilines is 1. The van der Waals surface area contributed by atoms with Crippen LogP contribution in [0.25, 0.3) is 0 Å². The van der Waals surface area contributed by atoms with Gasteiger partial charge in [-0.25, -0.2) is 0 Å². The van der Waals surface area contributed by atoms with Crippen LogP contribution < -0.4 is 10.2 Å². The summed E-state index contributed by atoms with van der Waals surface area (Å²) in [7, 11) is 0. The van der Waals surface area contributed by atoms with E-state index in [2.05, 4.69) is 23.4 Å². The third-order valence-electron chi connectivity index (χ3n) is 4.03. The maximum Gasteiger partial charge on any atom is 0.240 e. The molecule has 3 rings (SSSR count). The Kier molecular flexibility index (Phi) is 4.53. The number of benzene rings is 1. The van der Waals surface area contributed by atoms with E-state index in [1.54, 1.807) is 6.20 Å². The topological polar surface area (TPSA) is 50.2 Å². The fourth-order valence-electron chi connectivity index (χ4n) is 2.90. The molecule has 5 nitrogen and oxygen atoms in total. The van der Waals surface area contributed by atoms with Gasteiger partial charge in [-0.2, -0.15) is 5.10 Å². The molecule has 0 bridgehead atoms. The first kappa shape index (κ1) is 14.8. The van der Waals surface area contributed by atoms with Crippen molar-refractivity contribution in [3.63, 3.8) is 0 Å². The molecule has 0 fully saturated rings. The Labute approximate surface area is 130 Å². The van der Waals surface area contributed by atoms with E-state index < -0.39 is 0 Å². The summed E-state index contributed by atoms with van der Waals surface area (Å²) in [5.41, 5.74) is 2.34. The molecule has 0 spiro atoms. The molecule has 0 saturated carbocycles. The molecule has 1 aromatic carbocycles. The van der Waals surface area contributed by atoms with Crippen molar-refractivity contribution in [1.29, 1.82) is 0 Å². The van der Waals surface area contributed by atoms with Gasteiger partial charge in [0.25, 0.3) is 0 Å². The molecule has 1 N–H and O–H groups in total. The van der Waals surface area contributed by atoms with Gasteiger partial charge in [-0.15, -0.1) is 0 Å². The van der Waals surface area contributed by atoms with Crippen LogP contribution >= 0.6 is 0 Å². The van der Waals surface area contributed by atoms with Crippen molar-refractivity contribution in [2.45, 2.75) is 32.4 Å². The number of amides is 1. The number of carbonyl (C=O) groups excluding carboxylic acids is 1. The van der Waals surface area contributed by atoms with Crippen molar-refractivity contribution in [1.82, 2.24) is 15.1 Å². The van der Waals surface area contributed by atoms with Crippen LogP contribution in [-0.2, 0) is 17.8 Å². The Morgan fingerprint density at radius 1 is 1.36 bits per heavy atom. The highest BCUT2D eigenvalue weighted by Gasteiger charge is 2.22. The molecule has 116 valence electrons. The van der Waals surface area contributed by atoms with Crippen LogP contribution in [-0.4, -0.2) is 34.8 Å². The van der Waals surface area contributed by atoms with Gasteiger partial charge in [0.15, 0.2) is 0 Å². The number of carbonyl (C=O) groups is 1. The number of fused-ring (bicyclic) bond motifs is 1. The summed E-state index contributed by atoms with van der Waals surface area (Å²) in [6.45, 7) is 4.00. The van der Waals surface area contributed by atoms with Gasteiger partial charge in [0.2, 0.25) is 5.91 Å². The first-order valence-corrected chi connectivity index (χ1v) is 7.83. The van der Waals surface area contributed by atoms with Crippen LogP contribution in [0.4, 0.5) is 5.69 Å². The van der Waals surface area contributed by atoms with Gasteiger partial charge in [0.05, 0.1) is 13.1 Å². The largest absolute Gasteiger partial charge is 0.311 e. The third kappa shape index (κ3) is 3.36. The van der Waals surface area contributed by atoms with Gasteiger partial charge in [-0.1, -0.05) is 18.2 Å². The third-order valence-corrected chi connectivity index (χ3v) is 4.03. The Hall–Kier alpha value is -2.14. The van der Waals surface area contributed by atoms with E-state index in [0.29, 0.717) is 6.54 Å². The highest BCUT2D eigenvalue weighted by Crippen LogP contribution is 2.26. The van der Waals surface area contributed by atoms with Gasteiger partial charge in [-0.3, -0.25) is 9.48 Å². The van der Waals surface area contributed by atoms with E-state index in [1.807, 2.05) is 40.0 Å². The quantitative estimate of drug-likeness (QED) is 0.916. The summed E-state index contributed by atoms with van der Waals surface area (Å²) >= 11 is 0. The standard InChI is InChI=1S/C17H22N4O/c1-14(13-20-10-5-9-19-20)18-12-17(22)21-11-4-7-15-6-2-3-8-16(15)21/h2-3,5-6,8-10,14,18H,4,7,11-13H2,1H3/t14-/m1/s1. The molecular weight excluding hydrogens is 276 g/mol. The van der Waals surface area contributed by atoms with Crippen LogP contribution in [0.2, 0.25) is 0 Å². The molecule has 1 atom stereocenters. The van der Waals surface area contributed by atoms with Gasteiger partial charge in [-0.05, 0) is 37.5 Å². The Bertz CT molecular complexity index is 623. The monoisotopic (exact) mass is 298 g/mol. The normalized spacial score (nSPS) is 15.4. The lowest BCUT2D eigenvalue weighted by Gasteiger charge is -2.30. The second-order valence-electron chi connectivity index (χ2n) is 5.79. The highest BCUT2D eigenvalue weighted by molar-refractivity contribution is 5.95. The minimum Gasteiger partial charge on any atom is -0.311 e. The van der Waals surface area contributed by atoms with Crippen LogP contribution in [0.1, 0.15) is 18.9 Å². The number of aryl methyl sites for hydroxylation is 1. The van der Waals surface area contributed by atoms with Crippen molar-refractivity contribution < 1.29 is 4.79 Å². The molecule has 1 aliphatic heterocycles. The summed E-state index contributed by atoms with van der Waals surface area (Å²) in [5, 5.41) is 7.48. The summed E-state index contributed by atoms with van der Waals surface area (Å²) in [6.07, 6.45) is 5.79. The first-order valence-electron chi connectivity index (χ1n) is 7.83. The summed E-state index contributed by atoms with van der Waals surface area (Å²) in [4.78, 5) is 14.4. The van der Waals surface area contributed by atoms with E-state index in [0.717, 1.165) is 31.6 Å². The fourth-order valence-corrected chi connectivity index (χ4v) is 2.90. The Balaban J connectivity index is 1.56. The van der Waals surface area contributed by atoms with Crippen molar-refractivity contribution in [3.8, 4) is 0 Å². The van der Waals surface area contributed by atoms with Crippen LogP contribution in [0, 0.1) is 0 Å². The van der Waals surface area contributed by atoms with Crippen molar-refractivity contribution in [2.75, 3.05) is 18.0 Å². The number of aromatic nitrogens is 2. The molecule has 1 aliphatic rings. The van der Waals surface area contributed by atoms with E-state index in [4.69, 9.17) is 0 Å². The summed E-state index contributed by atoms with van der Waals surface area (Å²) in [5.74, 6) is 0.138. The minimum atomic E-state index is 0.138. The zero-order valence-corrected chi connectivity index (χ0v) is 12.9. The zero-order valence-electron chi connectivity index (χ0n) is 12.9. The molecule has 1 aromatic heterocycles. The molecule has 22 heavy (non-hydrogen) atoms. The fraction of sp³-hybridized carbons (Fsp3) is 0.412. The Morgan fingerprint density at radius 2 is 2.23 bits per heavy atom. The maximum absolute atomic E-state index is 12.5. The van der Waals surface area contributed by atoms with Gasteiger partial charge in [0.1, 0.15) is 0 Å². The van der Waals surface area contributed by atoms with Crippen LogP contribution in [0.3, 0.4) is 0 Å². The molecular formula is C17H22N4O. The molecule has 2 heterocycles. The lowest BCUT2D eigenvalue weighted by atomic mass is 10.0. The second-order valence-corrected chi connectivity index (χ2v) is 5.79. The number of hydrogen-bond donors (Lipinski definition) is 1. The number of rotatable bonds is 5. The average molecular weight is 298 g/mol. The summed E-state index contributed by atoms with van der Waals surface area (Å²) in [6, 6.07) is 10.3. The van der Waals surface area contributed by atoms with Gasteiger partial charge in [0, 0.05) is 30.7 Å². The minimum absolute atomic E-state index is 0.138. The molecule has 2 aromatic rings. The smallest absolute Gasteiger partial charge is 0.240 e. The van der Waals surface area contributed by atoms with E-state index in [9.17, 15) is 4.79 Å². The molecule has 0 unspecified atom stereocenters. The molecule has 0 saturated heterocycles. The van der Waals surface area contributed by atoms with Crippen molar-refractivity contribution >= 4 is 11.6 Å². The van der Waals surface area contributed by atoms with Crippen molar-refractivity contribution in [3.05, 3.63) is 48.3 Å². The predicted molar refractivity (Wildman–Crippen MR) is 86.8 cm³/mol. The van der Waals surface area contributed by atoms with E-state index >= 15 is 0 Å².